The lowest BCUT2D eigenvalue weighted by atomic mass is 9.81. The summed E-state index contributed by atoms with van der Waals surface area (Å²) in [5, 5.41) is 2.96. The van der Waals surface area contributed by atoms with Gasteiger partial charge < -0.3 is 15.8 Å². The van der Waals surface area contributed by atoms with Gasteiger partial charge in [-0.3, -0.25) is 4.79 Å². The maximum Gasteiger partial charge on any atom is 0.227 e. The van der Waals surface area contributed by atoms with Crippen LogP contribution < -0.4 is 11.1 Å². The van der Waals surface area contributed by atoms with E-state index in [2.05, 4.69) is 5.32 Å². The Bertz CT molecular complexity index is 238. The fourth-order valence-corrected chi connectivity index (χ4v) is 2.59. The zero-order valence-corrected chi connectivity index (χ0v) is 11.8. The quantitative estimate of drug-likeness (QED) is 0.651. The van der Waals surface area contributed by atoms with Crippen LogP contribution >= 0.6 is 0 Å². The summed E-state index contributed by atoms with van der Waals surface area (Å²) in [5.74, 6) is 0.0741. The molecule has 4 nitrogen and oxygen atoms in total. The van der Waals surface area contributed by atoms with Gasteiger partial charge in [0.15, 0.2) is 0 Å². The van der Waals surface area contributed by atoms with Gasteiger partial charge in [0.25, 0.3) is 0 Å². The minimum absolute atomic E-state index is 0.0741. The Morgan fingerprint density at radius 2 is 1.94 bits per heavy atom. The second-order valence-electron chi connectivity index (χ2n) is 5.22. The molecule has 1 fully saturated rings. The van der Waals surface area contributed by atoms with Gasteiger partial charge >= 0.3 is 0 Å². The molecule has 0 unspecified atom stereocenters. The highest BCUT2D eigenvalue weighted by molar-refractivity contribution is 5.82. The second-order valence-corrected chi connectivity index (χ2v) is 5.22. The van der Waals surface area contributed by atoms with Crippen molar-refractivity contribution >= 4 is 5.91 Å². The highest BCUT2D eigenvalue weighted by Gasteiger charge is 2.32. The molecule has 1 amide bonds. The first-order valence-corrected chi connectivity index (χ1v) is 7.28. The van der Waals surface area contributed by atoms with E-state index in [1.807, 2.05) is 13.8 Å². The predicted octanol–water partition coefficient (Wildman–Crippen LogP) is 1.83. The molecular weight excluding hydrogens is 228 g/mol. The van der Waals surface area contributed by atoms with Gasteiger partial charge in [0.05, 0.1) is 18.1 Å². The number of hydrogen-bond donors (Lipinski definition) is 2. The Labute approximate surface area is 111 Å². The van der Waals surface area contributed by atoms with Crippen molar-refractivity contribution in [3.63, 3.8) is 0 Å². The lowest BCUT2D eigenvalue weighted by molar-refractivity contribution is -0.131. The smallest absolute Gasteiger partial charge is 0.227 e. The van der Waals surface area contributed by atoms with Crippen molar-refractivity contribution in [2.45, 2.75) is 58.5 Å². The summed E-state index contributed by atoms with van der Waals surface area (Å²) in [5.41, 5.74) is 5.35. The first-order valence-electron chi connectivity index (χ1n) is 7.28. The molecule has 0 heterocycles. The van der Waals surface area contributed by atoms with Gasteiger partial charge in [0.1, 0.15) is 0 Å². The van der Waals surface area contributed by atoms with E-state index in [1.54, 1.807) is 0 Å². The molecule has 0 aromatic rings. The van der Waals surface area contributed by atoms with E-state index in [0.717, 1.165) is 12.8 Å². The molecule has 0 aromatic heterocycles. The van der Waals surface area contributed by atoms with Crippen molar-refractivity contribution in [2.24, 2.45) is 11.1 Å². The zero-order chi connectivity index (χ0) is 13.4. The maximum absolute atomic E-state index is 12.1. The van der Waals surface area contributed by atoms with Gasteiger partial charge in [-0.15, -0.1) is 0 Å². The molecule has 1 aliphatic carbocycles. The molecule has 1 saturated carbocycles. The Kier molecular flexibility index (Phi) is 6.65. The number of carbonyl (C=O) groups is 1. The lowest BCUT2D eigenvalue weighted by Gasteiger charge is -2.28. The Hall–Kier alpha value is -0.610. The van der Waals surface area contributed by atoms with E-state index in [0.29, 0.717) is 25.8 Å². The topological polar surface area (TPSA) is 64.4 Å². The molecule has 0 spiro atoms. The predicted molar refractivity (Wildman–Crippen MR) is 73.3 cm³/mol. The van der Waals surface area contributed by atoms with Crippen molar-refractivity contribution in [3.8, 4) is 0 Å². The Morgan fingerprint density at radius 3 is 2.44 bits per heavy atom. The van der Waals surface area contributed by atoms with Crippen LogP contribution in [0.4, 0.5) is 0 Å². The van der Waals surface area contributed by atoms with Crippen molar-refractivity contribution in [1.29, 1.82) is 0 Å². The molecule has 1 aliphatic rings. The molecular formula is C14H28N2O2. The van der Waals surface area contributed by atoms with Crippen LogP contribution in [0.5, 0.6) is 0 Å². The fraction of sp³-hybridized carbons (Fsp3) is 0.929. The number of nitrogens with one attached hydrogen (secondary N) is 1. The average Bonchev–Trinajstić information content (AvgIpc) is 2.90. The molecule has 0 radical (unpaired) electrons. The molecule has 4 heteroatoms. The molecule has 0 atom stereocenters. The second kappa shape index (κ2) is 7.74. The lowest BCUT2D eigenvalue weighted by Crippen LogP contribution is -2.46. The van der Waals surface area contributed by atoms with Crippen molar-refractivity contribution in [2.75, 3.05) is 19.7 Å². The SMILES string of the molecule is CCC(CC)(CN)C(=O)NCCOC1CCCC1. The van der Waals surface area contributed by atoms with Crippen LogP contribution in [-0.4, -0.2) is 31.7 Å². The number of carbonyl (C=O) groups excluding carboxylic acids is 1. The zero-order valence-electron chi connectivity index (χ0n) is 11.8. The van der Waals surface area contributed by atoms with Crippen LogP contribution in [0.15, 0.2) is 0 Å². The van der Waals surface area contributed by atoms with E-state index >= 15 is 0 Å². The third kappa shape index (κ3) is 3.95. The normalized spacial score (nSPS) is 17.1. The van der Waals surface area contributed by atoms with Gasteiger partial charge in [-0.25, -0.2) is 0 Å². The van der Waals surface area contributed by atoms with E-state index < -0.39 is 5.41 Å². The first kappa shape index (κ1) is 15.4. The van der Waals surface area contributed by atoms with Crippen LogP contribution in [-0.2, 0) is 9.53 Å². The fourth-order valence-electron chi connectivity index (χ4n) is 2.59. The van der Waals surface area contributed by atoms with E-state index in [4.69, 9.17) is 10.5 Å². The van der Waals surface area contributed by atoms with Crippen molar-refractivity contribution in [1.82, 2.24) is 5.32 Å². The summed E-state index contributed by atoms with van der Waals surface area (Å²) < 4.78 is 5.72. The highest BCUT2D eigenvalue weighted by Crippen LogP contribution is 2.25. The largest absolute Gasteiger partial charge is 0.376 e. The summed E-state index contributed by atoms with van der Waals surface area (Å²) >= 11 is 0. The molecule has 0 aromatic carbocycles. The maximum atomic E-state index is 12.1. The third-order valence-electron chi connectivity index (χ3n) is 4.27. The van der Waals surface area contributed by atoms with Crippen LogP contribution in [0.25, 0.3) is 0 Å². The number of amides is 1. The van der Waals surface area contributed by atoms with Crippen LogP contribution in [0.3, 0.4) is 0 Å². The van der Waals surface area contributed by atoms with E-state index in [1.165, 1.54) is 25.7 Å². The minimum Gasteiger partial charge on any atom is -0.376 e. The number of rotatable bonds is 8. The molecule has 18 heavy (non-hydrogen) atoms. The molecule has 0 bridgehead atoms. The standard InChI is InChI=1S/C14H28N2O2/c1-3-14(4-2,11-15)13(17)16-9-10-18-12-7-5-6-8-12/h12H,3-11,15H2,1-2H3,(H,16,17). The minimum atomic E-state index is -0.395. The Morgan fingerprint density at radius 1 is 1.33 bits per heavy atom. The highest BCUT2D eigenvalue weighted by atomic mass is 16.5. The summed E-state index contributed by atoms with van der Waals surface area (Å²) in [4.78, 5) is 12.1. The Balaban J connectivity index is 2.22. The van der Waals surface area contributed by atoms with Gasteiger partial charge in [0, 0.05) is 13.1 Å². The third-order valence-corrected chi connectivity index (χ3v) is 4.27. The number of nitrogens with two attached hydrogens (primary N) is 1. The monoisotopic (exact) mass is 256 g/mol. The van der Waals surface area contributed by atoms with Crippen LogP contribution in [0, 0.1) is 5.41 Å². The summed E-state index contributed by atoms with van der Waals surface area (Å²) in [6.07, 6.45) is 6.89. The van der Waals surface area contributed by atoms with Crippen LogP contribution in [0.1, 0.15) is 52.4 Å². The van der Waals surface area contributed by atoms with Crippen molar-refractivity contribution < 1.29 is 9.53 Å². The summed E-state index contributed by atoms with van der Waals surface area (Å²) in [6.45, 7) is 5.66. The average molecular weight is 256 g/mol. The molecule has 106 valence electrons. The van der Waals surface area contributed by atoms with Gasteiger partial charge in [0.2, 0.25) is 5.91 Å². The van der Waals surface area contributed by atoms with Crippen molar-refractivity contribution in [3.05, 3.63) is 0 Å². The molecule has 0 aliphatic heterocycles. The molecule has 0 saturated heterocycles. The van der Waals surface area contributed by atoms with E-state index in [-0.39, 0.29) is 5.91 Å². The first-order chi connectivity index (χ1) is 8.68. The van der Waals surface area contributed by atoms with Gasteiger partial charge in [-0.2, -0.15) is 0 Å². The van der Waals surface area contributed by atoms with Gasteiger partial charge in [-0.1, -0.05) is 26.7 Å². The van der Waals surface area contributed by atoms with Crippen LogP contribution in [0.2, 0.25) is 0 Å². The molecule has 1 rings (SSSR count). The number of ether oxygens (including phenoxy) is 1. The number of hydrogen-bond acceptors (Lipinski definition) is 3. The summed E-state index contributed by atoms with van der Waals surface area (Å²) in [6, 6.07) is 0. The van der Waals surface area contributed by atoms with E-state index in [9.17, 15) is 4.79 Å². The summed E-state index contributed by atoms with van der Waals surface area (Å²) in [7, 11) is 0. The van der Waals surface area contributed by atoms with Gasteiger partial charge in [-0.05, 0) is 25.7 Å². The molecule has 3 N–H and O–H groups in total.